The molecule has 0 spiro atoms. The number of hydrogen-bond acceptors (Lipinski definition) is 5. The Bertz CT molecular complexity index is 333. The summed E-state index contributed by atoms with van der Waals surface area (Å²) in [7, 11) is 3.43. The second kappa shape index (κ2) is 6.85. The van der Waals surface area contributed by atoms with Gasteiger partial charge in [0.25, 0.3) is 0 Å². The molecule has 0 saturated carbocycles. The Morgan fingerprint density at radius 2 is 1.59 bits per heavy atom. The quantitative estimate of drug-likeness (QED) is 0.396. The van der Waals surface area contributed by atoms with Gasteiger partial charge in [0.05, 0.1) is 0 Å². The Morgan fingerprint density at radius 1 is 1.12 bits per heavy atom. The molecule has 1 unspecified atom stereocenters. The highest BCUT2D eigenvalue weighted by Gasteiger charge is 2.19. The molecule has 0 aliphatic carbocycles. The number of rotatable bonds is 6. The highest BCUT2D eigenvalue weighted by Crippen LogP contribution is 2.03. The third kappa shape index (κ3) is 5.87. The van der Waals surface area contributed by atoms with Crippen molar-refractivity contribution in [3.63, 3.8) is 0 Å². The first-order valence-corrected chi connectivity index (χ1v) is 5.11. The average molecular weight is 241 g/mol. The van der Waals surface area contributed by atoms with Crippen LogP contribution in [0.25, 0.3) is 0 Å². The summed E-state index contributed by atoms with van der Waals surface area (Å²) in [6, 6.07) is 0. The zero-order chi connectivity index (χ0) is 13.6. The minimum absolute atomic E-state index is 0.0439. The van der Waals surface area contributed by atoms with E-state index < -0.39 is 18.2 Å². The molecule has 0 aromatic carbocycles. The van der Waals surface area contributed by atoms with Gasteiger partial charge in [-0.3, -0.25) is 4.90 Å². The van der Waals surface area contributed by atoms with Crippen LogP contribution in [-0.2, 0) is 19.1 Å². The Labute approximate surface area is 102 Å². The predicted molar refractivity (Wildman–Crippen MR) is 64.2 cm³/mol. The number of hydrogen-bond donors (Lipinski definition) is 0. The van der Waals surface area contributed by atoms with E-state index in [0.717, 1.165) is 0 Å². The van der Waals surface area contributed by atoms with Gasteiger partial charge in [-0.15, -0.1) is 0 Å². The third-order valence-electron chi connectivity index (χ3n) is 1.87. The molecular formula is C12H19NO4. The smallest absolute Gasteiger partial charge is 0.334 e. The fraction of sp³-hybridized carbons (Fsp3) is 0.500. The second-order valence-electron chi connectivity index (χ2n) is 3.98. The van der Waals surface area contributed by atoms with Crippen LogP contribution < -0.4 is 0 Å². The van der Waals surface area contributed by atoms with Gasteiger partial charge in [-0.1, -0.05) is 13.2 Å². The lowest BCUT2D eigenvalue weighted by Crippen LogP contribution is -2.37. The first-order chi connectivity index (χ1) is 7.75. The van der Waals surface area contributed by atoms with Gasteiger partial charge in [-0.2, -0.15) is 0 Å². The number of carbonyl (C=O) groups excluding carboxylic acids is 2. The van der Waals surface area contributed by atoms with Crippen molar-refractivity contribution in [2.24, 2.45) is 0 Å². The van der Waals surface area contributed by atoms with Gasteiger partial charge in [0.15, 0.2) is 6.23 Å². The zero-order valence-electron chi connectivity index (χ0n) is 10.8. The maximum absolute atomic E-state index is 11.3. The van der Waals surface area contributed by atoms with E-state index in [2.05, 4.69) is 13.2 Å². The van der Waals surface area contributed by atoms with Crippen molar-refractivity contribution < 1.29 is 19.1 Å². The van der Waals surface area contributed by atoms with Crippen molar-refractivity contribution in [3.8, 4) is 0 Å². The van der Waals surface area contributed by atoms with Crippen molar-refractivity contribution in [3.05, 3.63) is 24.3 Å². The van der Waals surface area contributed by atoms with Crippen LogP contribution in [0.15, 0.2) is 24.3 Å². The summed E-state index contributed by atoms with van der Waals surface area (Å²) in [5.74, 6) is -1.03. The summed E-state index contributed by atoms with van der Waals surface area (Å²) in [5, 5.41) is 0. The number of likely N-dealkylation sites (N-methyl/N-ethyl adjacent to an activating group) is 1. The first kappa shape index (κ1) is 15.4. The predicted octanol–water partition coefficient (Wildman–Crippen LogP) is 1.11. The number of esters is 2. The summed E-state index contributed by atoms with van der Waals surface area (Å²) < 4.78 is 10.0. The molecule has 5 heteroatoms. The molecule has 0 aromatic heterocycles. The standard InChI is InChI=1S/C12H19NO4/c1-8(2)11(14)16-7-10(13(5)6)17-12(15)9(3)4/h10H,1,3,7H2,2,4-6H3. The fourth-order valence-corrected chi connectivity index (χ4v) is 0.783. The molecule has 0 N–H and O–H groups in total. The average Bonchev–Trinajstić information content (AvgIpc) is 2.22. The Kier molecular flexibility index (Phi) is 6.20. The molecule has 0 radical (unpaired) electrons. The summed E-state index contributed by atoms with van der Waals surface area (Å²) in [6.07, 6.45) is -0.637. The van der Waals surface area contributed by atoms with Crippen LogP contribution in [-0.4, -0.2) is 43.8 Å². The second-order valence-corrected chi connectivity index (χ2v) is 3.98. The summed E-state index contributed by atoms with van der Waals surface area (Å²) in [4.78, 5) is 24.2. The minimum atomic E-state index is -0.637. The van der Waals surface area contributed by atoms with E-state index in [1.807, 2.05) is 0 Å². The van der Waals surface area contributed by atoms with Crippen LogP contribution in [0.1, 0.15) is 13.8 Å². The highest BCUT2D eigenvalue weighted by molar-refractivity contribution is 5.87. The Morgan fingerprint density at radius 3 is 1.94 bits per heavy atom. The van der Waals surface area contributed by atoms with E-state index >= 15 is 0 Å². The molecule has 0 aliphatic heterocycles. The number of nitrogens with zero attached hydrogens (tertiary/aromatic N) is 1. The van der Waals surface area contributed by atoms with Crippen LogP contribution in [0.4, 0.5) is 0 Å². The topological polar surface area (TPSA) is 55.8 Å². The fourth-order valence-electron chi connectivity index (χ4n) is 0.783. The molecule has 0 aliphatic rings. The largest absolute Gasteiger partial charge is 0.457 e. The third-order valence-corrected chi connectivity index (χ3v) is 1.87. The Hall–Kier alpha value is -1.62. The van der Waals surface area contributed by atoms with E-state index in [1.165, 1.54) is 0 Å². The Balaban J connectivity index is 4.36. The van der Waals surface area contributed by atoms with Gasteiger partial charge in [0.2, 0.25) is 0 Å². The maximum atomic E-state index is 11.3. The van der Waals surface area contributed by atoms with Crippen LogP contribution in [0.3, 0.4) is 0 Å². The van der Waals surface area contributed by atoms with Crippen molar-refractivity contribution in [1.82, 2.24) is 4.90 Å². The van der Waals surface area contributed by atoms with E-state index in [9.17, 15) is 9.59 Å². The van der Waals surface area contributed by atoms with E-state index in [4.69, 9.17) is 9.47 Å². The van der Waals surface area contributed by atoms with Crippen molar-refractivity contribution in [2.75, 3.05) is 20.7 Å². The molecule has 5 nitrogen and oxygen atoms in total. The lowest BCUT2D eigenvalue weighted by atomic mass is 10.3. The molecule has 0 heterocycles. The SMILES string of the molecule is C=C(C)C(=O)OCC(OC(=O)C(=C)C)N(C)C. The summed E-state index contributed by atoms with van der Waals surface area (Å²) in [5.41, 5.74) is 0.594. The molecule has 0 rings (SSSR count). The van der Waals surface area contributed by atoms with Gasteiger partial charge in [-0.25, -0.2) is 9.59 Å². The molecular weight excluding hydrogens is 222 g/mol. The van der Waals surface area contributed by atoms with Crippen molar-refractivity contribution >= 4 is 11.9 Å². The molecule has 0 bridgehead atoms. The van der Waals surface area contributed by atoms with Crippen molar-refractivity contribution in [2.45, 2.75) is 20.1 Å². The van der Waals surface area contributed by atoms with E-state index in [0.29, 0.717) is 11.1 Å². The number of carbonyl (C=O) groups is 2. The van der Waals surface area contributed by atoms with Gasteiger partial charge >= 0.3 is 11.9 Å². The number of ether oxygens (including phenoxy) is 2. The van der Waals surface area contributed by atoms with Crippen LogP contribution >= 0.6 is 0 Å². The lowest BCUT2D eigenvalue weighted by Gasteiger charge is -2.23. The molecule has 0 saturated heterocycles. The summed E-state index contributed by atoms with van der Waals surface area (Å²) >= 11 is 0. The first-order valence-electron chi connectivity index (χ1n) is 5.11. The minimum Gasteiger partial charge on any atom is -0.457 e. The molecule has 17 heavy (non-hydrogen) atoms. The lowest BCUT2D eigenvalue weighted by molar-refractivity contribution is -0.163. The molecule has 0 fully saturated rings. The van der Waals surface area contributed by atoms with Crippen molar-refractivity contribution in [1.29, 1.82) is 0 Å². The maximum Gasteiger partial charge on any atom is 0.334 e. The molecule has 0 aromatic rings. The molecule has 96 valence electrons. The molecule has 0 amide bonds. The highest BCUT2D eigenvalue weighted by atomic mass is 16.6. The van der Waals surface area contributed by atoms with E-state index in [-0.39, 0.29) is 6.61 Å². The van der Waals surface area contributed by atoms with Gasteiger partial charge in [0, 0.05) is 11.1 Å². The summed E-state index contributed by atoms with van der Waals surface area (Å²) in [6.45, 7) is 9.99. The van der Waals surface area contributed by atoms with Gasteiger partial charge in [-0.05, 0) is 27.9 Å². The monoisotopic (exact) mass is 241 g/mol. The zero-order valence-corrected chi connectivity index (χ0v) is 10.8. The normalized spacial score (nSPS) is 11.8. The van der Waals surface area contributed by atoms with Crippen LogP contribution in [0.2, 0.25) is 0 Å². The van der Waals surface area contributed by atoms with Crippen LogP contribution in [0, 0.1) is 0 Å². The van der Waals surface area contributed by atoms with Gasteiger partial charge in [0.1, 0.15) is 6.61 Å². The van der Waals surface area contributed by atoms with Crippen LogP contribution in [0.5, 0.6) is 0 Å². The van der Waals surface area contributed by atoms with E-state index in [1.54, 1.807) is 32.8 Å². The van der Waals surface area contributed by atoms with Gasteiger partial charge < -0.3 is 9.47 Å². The molecule has 1 atom stereocenters.